The summed E-state index contributed by atoms with van der Waals surface area (Å²) in [6, 6.07) is 7.03. The van der Waals surface area contributed by atoms with Crippen LogP contribution in [0, 0.1) is 5.82 Å². The molecular formula is C16H12F4N2O2. The number of nitrogens with zero attached hydrogens (tertiary/aromatic N) is 1. The van der Waals surface area contributed by atoms with E-state index < -0.39 is 23.6 Å². The van der Waals surface area contributed by atoms with Crippen LogP contribution in [0.4, 0.5) is 23.2 Å². The fourth-order valence-electron chi connectivity index (χ4n) is 1.76. The third kappa shape index (κ3) is 4.55. The van der Waals surface area contributed by atoms with Crippen LogP contribution < -0.4 is 10.1 Å². The van der Waals surface area contributed by atoms with Crippen molar-refractivity contribution in [2.75, 3.05) is 5.32 Å². The van der Waals surface area contributed by atoms with Gasteiger partial charge in [0, 0.05) is 11.8 Å². The van der Waals surface area contributed by atoms with Gasteiger partial charge in [0.1, 0.15) is 12.3 Å². The van der Waals surface area contributed by atoms with Crippen LogP contribution in [0.5, 0.6) is 5.75 Å². The summed E-state index contributed by atoms with van der Waals surface area (Å²) < 4.78 is 56.7. The number of carbonyl (C=O) groups excluding carboxylic acids is 1. The van der Waals surface area contributed by atoms with E-state index in [1.165, 1.54) is 24.3 Å². The van der Waals surface area contributed by atoms with Crippen molar-refractivity contribution >= 4 is 11.6 Å². The van der Waals surface area contributed by atoms with Crippen molar-refractivity contribution < 1.29 is 27.1 Å². The van der Waals surface area contributed by atoms with Gasteiger partial charge < -0.3 is 10.1 Å². The normalized spacial score (nSPS) is 11.0. The first-order chi connectivity index (χ1) is 11.3. The van der Waals surface area contributed by atoms with E-state index in [1.807, 2.05) is 0 Å². The van der Waals surface area contributed by atoms with Crippen LogP contribution in [0.3, 0.4) is 0 Å². The number of halogens is 4. The molecule has 0 spiro atoms. The third-order valence-corrected chi connectivity index (χ3v) is 2.86. The van der Waals surface area contributed by atoms with Gasteiger partial charge in [-0.15, -0.1) is 0 Å². The predicted molar refractivity (Wildman–Crippen MR) is 78.8 cm³/mol. The summed E-state index contributed by atoms with van der Waals surface area (Å²) in [6.45, 7) is 2.93. The SMILES string of the molecule is C=CC(=O)Nc1ccc(OCc2cccc(C(F)(F)F)n2)c(F)c1. The van der Waals surface area contributed by atoms with Crippen LogP contribution in [0.1, 0.15) is 11.4 Å². The molecule has 0 fully saturated rings. The van der Waals surface area contributed by atoms with Gasteiger partial charge in [0.05, 0.1) is 5.69 Å². The highest BCUT2D eigenvalue weighted by Gasteiger charge is 2.32. The molecule has 0 aliphatic carbocycles. The molecule has 0 aliphatic rings. The first kappa shape index (κ1) is 17.5. The average Bonchev–Trinajstić information content (AvgIpc) is 2.53. The Balaban J connectivity index is 2.07. The molecule has 1 amide bonds. The molecule has 0 unspecified atom stereocenters. The number of rotatable bonds is 5. The highest BCUT2D eigenvalue weighted by atomic mass is 19.4. The van der Waals surface area contributed by atoms with E-state index in [-0.39, 0.29) is 23.7 Å². The second kappa shape index (κ2) is 7.12. The first-order valence-electron chi connectivity index (χ1n) is 6.68. The molecule has 2 aromatic rings. The van der Waals surface area contributed by atoms with E-state index in [0.717, 1.165) is 18.2 Å². The molecule has 0 atom stereocenters. The number of benzene rings is 1. The summed E-state index contributed by atoms with van der Waals surface area (Å²) in [5.41, 5.74) is -0.846. The molecule has 0 aliphatic heterocycles. The van der Waals surface area contributed by atoms with Crippen molar-refractivity contribution in [1.29, 1.82) is 0 Å². The molecule has 1 heterocycles. The van der Waals surface area contributed by atoms with Gasteiger partial charge in [-0.25, -0.2) is 9.37 Å². The highest BCUT2D eigenvalue weighted by molar-refractivity contribution is 5.98. The molecule has 1 aromatic heterocycles. The molecule has 0 radical (unpaired) electrons. The maximum absolute atomic E-state index is 13.9. The quantitative estimate of drug-likeness (QED) is 0.662. The average molecular weight is 340 g/mol. The van der Waals surface area contributed by atoms with Crippen molar-refractivity contribution in [3.63, 3.8) is 0 Å². The van der Waals surface area contributed by atoms with E-state index in [2.05, 4.69) is 16.9 Å². The topological polar surface area (TPSA) is 51.2 Å². The van der Waals surface area contributed by atoms with E-state index >= 15 is 0 Å². The van der Waals surface area contributed by atoms with E-state index in [4.69, 9.17) is 4.74 Å². The molecule has 24 heavy (non-hydrogen) atoms. The number of anilines is 1. The van der Waals surface area contributed by atoms with Gasteiger partial charge in [-0.3, -0.25) is 4.79 Å². The van der Waals surface area contributed by atoms with Crippen LogP contribution in [-0.4, -0.2) is 10.9 Å². The van der Waals surface area contributed by atoms with Crippen LogP contribution in [0.2, 0.25) is 0 Å². The zero-order valence-corrected chi connectivity index (χ0v) is 12.2. The zero-order valence-electron chi connectivity index (χ0n) is 12.2. The summed E-state index contributed by atoms with van der Waals surface area (Å²) >= 11 is 0. The van der Waals surface area contributed by atoms with Crippen LogP contribution in [0.15, 0.2) is 49.1 Å². The summed E-state index contributed by atoms with van der Waals surface area (Å²) in [5, 5.41) is 2.37. The van der Waals surface area contributed by atoms with Crippen molar-refractivity contribution in [3.05, 3.63) is 66.3 Å². The lowest BCUT2D eigenvalue weighted by Gasteiger charge is -2.10. The minimum Gasteiger partial charge on any atom is -0.484 e. The Hall–Kier alpha value is -2.90. The van der Waals surface area contributed by atoms with Crippen LogP contribution in [0.25, 0.3) is 0 Å². The minimum absolute atomic E-state index is 0.00765. The second-order valence-electron chi connectivity index (χ2n) is 4.64. The van der Waals surface area contributed by atoms with Crippen molar-refractivity contribution in [2.24, 2.45) is 0 Å². The lowest BCUT2D eigenvalue weighted by atomic mass is 10.2. The lowest BCUT2D eigenvalue weighted by Crippen LogP contribution is -2.10. The van der Waals surface area contributed by atoms with E-state index in [9.17, 15) is 22.4 Å². The van der Waals surface area contributed by atoms with E-state index in [1.54, 1.807) is 0 Å². The molecule has 126 valence electrons. The number of pyridine rings is 1. The van der Waals surface area contributed by atoms with Gasteiger partial charge in [-0.05, 0) is 30.3 Å². The fraction of sp³-hybridized carbons (Fsp3) is 0.125. The summed E-state index contributed by atoms with van der Waals surface area (Å²) in [7, 11) is 0. The number of carbonyl (C=O) groups is 1. The molecule has 2 rings (SSSR count). The summed E-state index contributed by atoms with van der Waals surface area (Å²) in [4.78, 5) is 14.5. The van der Waals surface area contributed by atoms with Gasteiger partial charge >= 0.3 is 6.18 Å². The summed E-state index contributed by atoms with van der Waals surface area (Å²) in [5.74, 6) is -1.45. The molecular weight excluding hydrogens is 328 g/mol. The van der Waals surface area contributed by atoms with Crippen molar-refractivity contribution in [2.45, 2.75) is 12.8 Å². The Kier molecular flexibility index (Phi) is 5.18. The first-order valence-corrected chi connectivity index (χ1v) is 6.68. The van der Waals surface area contributed by atoms with Crippen LogP contribution in [-0.2, 0) is 17.6 Å². The highest BCUT2D eigenvalue weighted by Crippen LogP contribution is 2.28. The predicted octanol–water partition coefficient (Wildman–Crippen LogP) is 3.94. The Labute approximate surface area is 134 Å². The monoisotopic (exact) mass is 340 g/mol. The number of amides is 1. The number of hydrogen-bond donors (Lipinski definition) is 1. The van der Waals surface area contributed by atoms with Crippen LogP contribution >= 0.6 is 0 Å². The number of alkyl halides is 3. The number of aromatic nitrogens is 1. The van der Waals surface area contributed by atoms with Gasteiger partial charge in [0.25, 0.3) is 0 Å². The van der Waals surface area contributed by atoms with Gasteiger partial charge in [-0.2, -0.15) is 13.2 Å². The smallest absolute Gasteiger partial charge is 0.433 e. The van der Waals surface area contributed by atoms with Gasteiger partial charge in [-0.1, -0.05) is 12.6 Å². The number of ether oxygens (including phenoxy) is 1. The third-order valence-electron chi connectivity index (χ3n) is 2.86. The molecule has 1 aromatic carbocycles. The Morgan fingerprint density at radius 3 is 2.67 bits per heavy atom. The molecule has 0 saturated carbocycles. The lowest BCUT2D eigenvalue weighted by molar-refractivity contribution is -0.141. The Morgan fingerprint density at radius 1 is 1.29 bits per heavy atom. The molecule has 0 saturated heterocycles. The van der Waals surface area contributed by atoms with Gasteiger partial charge in [0.2, 0.25) is 5.91 Å². The summed E-state index contributed by atoms with van der Waals surface area (Å²) in [6.07, 6.45) is -3.53. The minimum atomic E-state index is -4.56. The maximum Gasteiger partial charge on any atom is 0.433 e. The van der Waals surface area contributed by atoms with Gasteiger partial charge in [0.15, 0.2) is 11.6 Å². The zero-order chi connectivity index (χ0) is 17.7. The largest absolute Gasteiger partial charge is 0.484 e. The molecule has 1 N–H and O–H groups in total. The number of nitrogens with one attached hydrogen (secondary N) is 1. The van der Waals surface area contributed by atoms with Crippen molar-refractivity contribution in [1.82, 2.24) is 4.98 Å². The molecule has 8 heteroatoms. The molecule has 4 nitrogen and oxygen atoms in total. The number of hydrogen-bond acceptors (Lipinski definition) is 3. The van der Waals surface area contributed by atoms with Crippen molar-refractivity contribution in [3.8, 4) is 5.75 Å². The second-order valence-corrected chi connectivity index (χ2v) is 4.64. The van der Waals surface area contributed by atoms with E-state index in [0.29, 0.717) is 0 Å². The Morgan fingerprint density at radius 2 is 2.04 bits per heavy atom. The maximum atomic E-state index is 13.9. The molecule has 0 bridgehead atoms. The fourth-order valence-corrected chi connectivity index (χ4v) is 1.76. The standard InChI is InChI=1S/C16H12F4N2O2/c1-2-15(23)22-10-6-7-13(12(17)8-10)24-9-11-4-3-5-14(21-11)16(18,19)20/h2-8H,1,9H2,(H,22,23). The Bertz CT molecular complexity index is 760.